The molecule has 8 nitrogen and oxygen atoms in total. The van der Waals surface area contributed by atoms with Crippen LogP contribution in [0.5, 0.6) is 0 Å². The molecule has 0 spiro atoms. The topological polar surface area (TPSA) is 131 Å². The molecule has 1 aromatic heterocycles. The number of nitrogens with one attached hydrogen (secondary N) is 1. The number of aliphatic hydroxyl groups is 2. The van der Waals surface area contributed by atoms with Gasteiger partial charge in [0.25, 0.3) is 5.56 Å². The van der Waals surface area contributed by atoms with Gasteiger partial charge in [0, 0.05) is 6.20 Å². The summed E-state index contributed by atoms with van der Waals surface area (Å²) in [6, 6.07) is 0. The average Bonchev–Trinajstić information content (AvgIpc) is 2.51. The van der Waals surface area contributed by atoms with Crippen LogP contribution in [0.3, 0.4) is 0 Å². The molecule has 1 fully saturated rings. The Hall–Kier alpha value is -1.64. The molecule has 0 unspecified atom stereocenters. The summed E-state index contributed by atoms with van der Waals surface area (Å²) >= 11 is 0. The van der Waals surface area contributed by atoms with E-state index < -0.39 is 35.8 Å². The fourth-order valence-electron chi connectivity index (χ4n) is 1.75. The van der Waals surface area contributed by atoms with E-state index in [0.29, 0.717) is 0 Å². The monoisotopic (exact) mass is 243 g/mol. The maximum atomic E-state index is 11.5. The van der Waals surface area contributed by atoms with Gasteiger partial charge in [0.05, 0.1) is 6.10 Å². The van der Waals surface area contributed by atoms with Crippen LogP contribution in [-0.4, -0.2) is 38.1 Å². The Morgan fingerprint density at radius 3 is 2.59 bits per heavy atom. The number of anilines is 1. The van der Waals surface area contributed by atoms with Crippen molar-refractivity contribution in [2.45, 2.75) is 31.5 Å². The van der Waals surface area contributed by atoms with Crippen LogP contribution in [0, 0.1) is 0 Å². The zero-order valence-electron chi connectivity index (χ0n) is 9.03. The van der Waals surface area contributed by atoms with Gasteiger partial charge >= 0.3 is 5.69 Å². The van der Waals surface area contributed by atoms with Gasteiger partial charge in [0.1, 0.15) is 17.9 Å². The summed E-state index contributed by atoms with van der Waals surface area (Å²) in [5, 5.41) is 19.2. The Kier molecular flexibility index (Phi) is 2.77. The molecule has 0 aromatic carbocycles. The van der Waals surface area contributed by atoms with Gasteiger partial charge in [0.2, 0.25) is 0 Å². The molecule has 17 heavy (non-hydrogen) atoms. The highest BCUT2D eigenvalue weighted by atomic mass is 16.6. The van der Waals surface area contributed by atoms with E-state index in [1.165, 1.54) is 0 Å². The summed E-state index contributed by atoms with van der Waals surface area (Å²) < 4.78 is 6.19. The Morgan fingerprint density at radius 2 is 2.06 bits per heavy atom. The third-order valence-electron chi connectivity index (χ3n) is 2.75. The third-order valence-corrected chi connectivity index (χ3v) is 2.75. The van der Waals surface area contributed by atoms with Gasteiger partial charge in [0.15, 0.2) is 6.23 Å². The van der Waals surface area contributed by atoms with Crippen molar-refractivity contribution in [3.05, 3.63) is 27.0 Å². The van der Waals surface area contributed by atoms with Crippen molar-refractivity contribution in [3.8, 4) is 0 Å². The van der Waals surface area contributed by atoms with E-state index in [-0.39, 0.29) is 5.69 Å². The molecule has 0 saturated carbocycles. The maximum Gasteiger partial charge on any atom is 0.330 e. The lowest BCUT2D eigenvalue weighted by Crippen LogP contribution is -2.38. The fourth-order valence-corrected chi connectivity index (χ4v) is 1.75. The first-order chi connectivity index (χ1) is 7.91. The summed E-state index contributed by atoms with van der Waals surface area (Å²) in [6.07, 6.45) is -2.95. The molecule has 1 aliphatic heterocycles. The normalized spacial score (nSPS) is 32.9. The molecule has 0 amide bonds. The van der Waals surface area contributed by atoms with Crippen LogP contribution in [0.25, 0.3) is 0 Å². The average molecular weight is 243 g/mol. The number of aromatic nitrogens is 2. The van der Waals surface area contributed by atoms with Crippen LogP contribution in [0.15, 0.2) is 15.8 Å². The first-order valence-corrected chi connectivity index (χ1v) is 5.04. The van der Waals surface area contributed by atoms with E-state index in [4.69, 9.17) is 10.5 Å². The Bertz CT molecular complexity index is 536. The zero-order valence-corrected chi connectivity index (χ0v) is 9.03. The molecule has 1 saturated heterocycles. The van der Waals surface area contributed by atoms with Crippen molar-refractivity contribution >= 4 is 5.69 Å². The number of aromatic amines is 1. The number of nitrogens with two attached hydrogens (primary N) is 1. The summed E-state index contributed by atoms with van der Waals surface area (Å²) in [5.41, 5.74) is 3.74. The molecule has 8 heteroatoms. The Labute approximate surface area is 95.3 Å². The number of rotatable bonds is 1. The van der Waals surface area contributed by atoms with Crippen molar-refractivity contribution < 1.29 is 14.9 Å². The quantitative estimate of drug-likeness (QED) is 0.441. The van der Waals surface area contributed by atoms with Gasteiger partial charge in [-0.2, -0.15) is 0 Å². The van der Waals surface area contributed by atoms with Gasteiger partial charge in [-0.1, -0.05) is 0 Å². The second kappa shape index (κ2) is 3.99. The largest absolute Gasteiger partial charge is 0.393 e. The first kappa shape index (κ1) is 11.8. The Morgan fingerprint density at radius 1 is 1.41 bits per heavy atom. The maximum absolute atomic E-state index is 11.5. The molecule has 0 radical (unpaired) electrons. The van der Waals surface area contributed by atoms with Crippen LogP contribution >= 0.6 is 0 Å². The molecule has 94 valence electrons. The molecule has 4 atom stereocenters. The van der Waals surface area contributed by atoms with Crippen LogP contribution in [0.1, 0.15) is 13.2 Å². The van der Waals surface area contributed by atoms with E-state index in [2.05, 4.69) is 0 Å². The highest BCUT2D eigenvalue weighted by molar-refractivity contribution is 5.30. The minimum absolute atomic E-state index is 0.172. The number of aliphatic hydroxyl groups excluding tert-OH is 2. The van der Waals surface area contributed by atoms with E-state index >= 15 is 0 Å². The van der Waals surface area contributed by atoms with Gasteiger partial charge < -0.3 is 20.7 Å². The Balaban J connectivity index is 2.46. The second-order valence-corrected chi connectivity index (χ2v) is 3.96. The number of hydrogen-bond donors (Lipinski definition) is 4. The first-order valence-electron chi connectivity index (χ1n) is 5.04. The van der Waals surface area contributed by atoms with Crippen molar-refractivity contribution in [1.29, 1.82) is 0 Å². The fraction of sp³-hybridized carbons (Fsp3) is 0.556. The molecule has 0 aliphatic carbocycles. The van der Waals surface area contributed by atoms with Crippen LogP contribution in [0.4, 0.5) is 5.69 Å². The number of ether oxygens (including phenoxy) is 1. The molecule has 2 heterocycles. The van der Waals surface area contributed by atoms with Crippen LogP contribution in [0.2, 0.25) is 0 Å². The summed E-state index contributed by atoms with van der Waals surface area (Å²) in [5.74, 6) is 0. The van der Waals surface area contributed by atoms with Gasteiger partial charge in [-0.15, -0.1) is 0 Å². The summed E-state index contributed by atoms with van der Waals surface area (Å²) in [4.78, 5) is 24.6. The summed E-state index contributed by atoms with van der Waals surface area (Å²) in [6.45, 7) is 1.56. The van der Waals surface area contributed by atoms with Crippen LogP contribution < -0.4 is 17.0 Å². The minimum Gasteiger partial charge on any atom is -0.393 e. The predicted octanol–water partition coefficient (Wildman–Crippen LogP) is -2.24. The highest BCUT2D eigenvalue weighted by Gasteiger charge is 2.41. The lowest BCUT2D eigenvalue weighted by atomic mass is 10.1. The number of hydrogen-bond acceptors (Lipinski definition) is 6. The van der Waals surface area contributed by atoms with E-state index in [0.717, 1.165) is 10.8 Å². The van der Waals surface area contributed by atoms with Gasteiger partial charge in [-0.25, -0.2) is 4.79 Å². The molecule has 1 aliphatic rings. The van der Waals surface area contributed by atoms with Crippen molar-refractivity contribution in [1.82, 2.24) is 9.55 Å². The summed E-state index contributed by atoms with van der Waals surface area (Å²) in [7, 11) is 0. The van der Waals surface area contributed by atoms with Crippen molar-refractivity contribution in [2.75, 3.05) is 5.73 Å². The number of nitrogens with zero attached hydrogens (tertiary/aromatic N) is 1. The lowest BCUT2D eigenvalue weighted by Gasteiger charge is -2.17. The molecule has 1 aromatic rings. The molecule has 2 rings (SSSR count). The van der Waals surface area contributed by atoms with E-state index in [1.807, 2.05) is 4.98 Å². The molecule has 0 bridgehead atoms. The number of H-pyrrole nitrogens is 1. The smallest absolute Gasteiger partial charge is 0.330 e. The SMILES string of the molecule is C[C@H]1O[C@@H](n2cc(N)c(=O)[nH]c2=O)[C@H](O)[C@@H]1O. The van der Waals surface area contributed by atoms with E-state index in [1.54, 1.807) is 6.92 Å². The van der Waals surface area contributed by atoms with Gasteiger partial charge in [-0.3, -0.25) is 14.3 Å². The highest BCUT2D eigenvalue weighted by Crippen LogP contribution is 2.27. The zero-order chi connectivity index (χ0) is 12.7. The lowest BCUT2D eigenvalue weighted by molar-refractivity contribution is -0.0349. The number of nitrogen functional groups attached to an aromatic ring is 1. The molecule has 5 N–H and O–H groups in total. The minimum atomic E-state index is -1.26. The predicted molar refractivity (Wildman–Crippen MR) is 57.3 cm³/mol. The van der Waals surface area contributed by atoms with Crippen LogP contribution in [-0.2, 0) is 4.74 Å². The molecular weight excluding hydrogens is 230 g/mol. The molecular formula is C9H13N3O5. The standard InChI is InChI=1S/C9H13N3O5/c1-3-5(13)6(14)8(17-3)12-2-4(10)7(15)11-9(12)16/h2-3,5-6,8,13-14H,10H2,1H3,(H,11,15,16)/t3-,5-,6-,8-/m1/s1. The van der Waals surface area contributed by atoms with Crippen molar-refractivity contribution in [3.63, 3.8) is 0 Å². The second-order valence-electron chi connectivity index (χ2n) is 3.96. The van der Waals surface area contributed by atoms with Gasteiger partial charge in [-0.05, 0) is 6.92 Å². The third kappa shape index (κ3) is 1.86. The van der Waals surface area contributed by atoms with Crippen molar-refractivity contribution in [2.24, 2.45) is 0 Å². The van der Waals surface area contributed by atoms with E-state index in [9.17, 15) is 19.8 Å².